The fourth-order valence-corrected chi connectivity index (χ4v) is 1.33. The Morgan fingerprint density at radius 1 is 1.33 bits per heavy atom. The van der Waals surface area contributed by atoms with Crippen molar-refractivity contribution in [2.45, 2.75) is 26.8 Å². The van der Waals surface area contributed by atoms with Gasteiger partial charge in [0.05, 0.1) is 12.0 Å². The molecule has 0 spiro atoms. The first kappa shape index (κ1) is 11.6. The highest BCUT2D eigenvalue weighted by Crippen LogP contribution is 2.19. The van der Waals surface area contributed by atoms with Gasteiger partial charge in [0.15, 0.2) is 0 Å². The number of nitrogens with zero attached hydrogens (tertiary/aromatic N) is 1. The first-order valence-electron chi connectivity index (χ1n) is 4.94. The molecule has 1 aromatic carbocycles. The van der Waals surface area contributed by atoms with Gasteiger partial charge in [-0.2, -0.15) is 0 Å². The molecule has 0 bridgehead atoms. The summed E-state index contributed by atoms with van der Waals surface area (Å²) in [5.74, 6) is -1.06. The van der Waals surface area contributed by atoms with Crippen LogP contribution in [0.1, 0.15) is 18.1 Å². The Kier molecular flexibility index (Phi) is 3.35. The third kappa shape index (κ3) is 2.49. The van der Waals surface area contributed by atoms with Crippen LogP contribution < -0.4 is 10.0 Å². The van der Waals surface area contributed by atoms with Crippen LogP contribution in [0.5, 0.6) is 0 Å². The Bertz CT molecular complexity index is 374. The third-order valence-electron chi connectivity index (χ3n) is 2.82. The maximum absolute atomic E-state index is 10.7. The zero-order chi connectivity index (χ0) is 11.6. The molecule has 1 rings (SSSR count). The molecule has 0 amide bonds. The molecule has 0 radical (unpaired) electrons. The highest BCUT2D eigenvalue weighted by molar-refractivity contribution is 5.75. The molecule has 1 atom stereocenters. The number of hydrogen-bond donors (Lipinski definition) is 0. The first-order valence-corrected chi connectivity index (χ1v) is 4.94. The molecule has 3 nitrogen and oxygen atoms in total. The quantitative estimate of drug-likeness (QED) is 0.737. The fourth-order valence-electron chi connectivity index (χ4n) is 1.33. The van der Waals surface area contributed by atoms with Crippen molar-refractivity contribution in [2.24, 2.45) is 0 Å². The van der Waals surface area contributed by atoms with Gasteiger partial charge in [-0.05, 0) is 44.0 Å². The number of rotatable bonds is 3. The highest BCUT2D eigenvalue weighted by Gasteiger charge is 2.10. The maximum atomic E-state index is 10.7. The van der Waals surface area contributed by atoms with Crippen LogP contribution in [0.25, 0.3) is 0 Å². The largest absolute Gasteiger partial charge is 0.548 e. The predicted molar refractivity (Wildman–Crippen MR) is 58.8 cm³/mol. The normalized spacial score (nSPS) is 12.3. The van der Waals surface area contributed by atoms with E-state index in [-0.39, 0.29) is 0 Å². The number of carbonyl (C=O) groups excluding carboxylic acids is 1. The summed E-state index contributed by atoms with van der Waals surface area (Å²) in [6.07, 6.45) is 0. The summed E-state index contributed by atoms with van der Waals surface area (Å²) >= 11 is 0. The molecule has 0 aliphatic heterocycles. The Balaban J connectivity index is 2.96. The van der Waals surface area contributed by atoms with Gasteiger partial charge in [-0.1, -0.05) is 6.07 Å². The molecule has 0 saturated heterocycles. The number of benzene rings is 1. The Hall–Kier alpha value is -1.51. The molecule has 3 heteroatoms. The molecule has 0 fully saturated rings. The molecule has 0 aliphatic carbocycles. The minimum atomic E-state index is -1.06. The van der Waals surface area contributed by atoms with E-state index in [0.717, 1.165) is 11.3 Å². The molecule has 82 valence electrons. The highest BCUT2D eigenvalue weighted by atomic mass is 16.4. The second kappa shape index (κ2) is 4.34. The molecule has 15 heavy (non-hydrogen) atoms. The Morgan fingerprint density at radius 2 is 1.93 bits per heavy atom. The van der Waals surface area contributed by atoms with E-state index in [1.54, 1.807) is 18.9 Å². The predicted octanol–water partition coefficient (Wildman–Crippen LogP) is 0.878. The number of carboxylic acids is 1. The van der Waals surface area contributed by atoms with Crippen molar-refractivity contribution < 1.29 is 9.90 Å². The van der Waals surface area contributed by atoms with E-state index < -0.39 is 12.0 Å². The smallest absolute Gasteiger partial charge is 0.0655 e. The van der Waals surface area contributed by atoms with Crippen molar-refractivity contribution in [3.63, 3.8) is 0 Å². The maximum Gasteiger partial charge on any atom is 0.0655 e. The van der Waals surface area contributed by atoms with Crippen LogP contribution in [0.15, 0.2) is 18.2 Å². The number of carbonyl (C=O) groups is 1. The lowest BCUT2D eigenvalue weighted by molar-refractivity contribution is -0.306. The number of likely N-dealkylation sites (N-methyl/N-ethyl adjacent to an activating group) is 1. The number of aryl methyl sites for hydroxylation is 2. The average Bonchev–Trinajstić information content (AvgIpc) is 2.19. The molecule has 0 aromatic heterocycles. The molecule has 0 N–H and O–H groups in total. The van der Waals surface area contributed by atoms with Crippen molar-refractivity contribution in [3.8, 4) is 0 Å². The SMILES string of the molecule is Cc1ccc(N(C)C(C)C(=O)[O-])cc1C. The summed E-state index contributed by atoms with van der Waals surface area (Å²) in [4.78, 5) is 12.4. The average molecular weight is 206 g/mol. The molecular formula is C12H16NO2-. The van der Waals surface area contributed by atoms with Crippen LogP contribution in [-0.2, 0) is 4.79 Å². The Morgan fingerprint density at radius 3 is 2.40 bits per heavy atom. The van der Waals surface area contributed by atoms with Crippen molar-refractivity contribution in [3.05, 3.63) is 29.3 Å². The Labute approximate surface area is 90.3 Å². The van der Waals surface area contributed by atoms with E-state index in [9.17, 15) is 9.90 Å². The van der Waals surface area contributed by atoms with E-state index in [1.807, 2.05) is 32.0 Å². The minimum Gasteiger partial charge on any atom is -0.548 e. The van der Waals surface area contributed by atoms with Crippen LogP contribution in [0.2, 0.25) is 0 Å². The van der Waals surface area contributed by atoms with Crippen molar-refractivity contribution >= 4 is 11.7 Å². The summed E-state index contributed by atoms with van der Waals surface area (Å²) in [5.41, 5.74) is 3.26. The summed E-state index contributed by atoms with van der Waals surface area (Å²) in [6.45, 7) is 5.65. The van der Waals surface area contributed by atoms with Gasteiger partial charge in [-0.15, -0.1) is 0 Å². The molecule has 1 aromatic rings. The van der Waals surface area contributed by atoms with Crippen LogP contribution in [-0.4, -0.2) is 19.1 Å². The summed E-state index contributed by atoms with van der Waals surface area (Å²) in [7, 11) is 1.75. The van der Waals surface area contributed by atoms with Gasteiger partial charge in [0, 0.05) is 12.7 Å². The second-order valence-electron chi connectivity index (χ2n) is 3.87. The van der Waals surface area contributed by atoms with Crippen LogP contribution in [0, 0.1) is 13.8 Å². The van der Waals surface area contributed by atoms with Crippen LogP contribution in [0.4, 0.5) is 5.69 Å². The fraction of sp³-hybridized carbons (Fsp3) is 0.417. The summed E-state index contributed by atoms with van der Waals surface area (Å²) in [6, 6.07) is 5.27. The van der Waals surface area contributed by atoms with E-state index >= 15 is 0 Å². The van der Waals surface area contributed by atoms with Gasteiger partial charge in [-0.25, -0.2) is 0 Å². The van der Waals surface area contributed by atoms with Gasteiger partial charge in [0.2, 0.25) is 0 Å². The second-order valence-corrected chi connectivity index (χ2v) is 3.87. The number of anilines is 1. The number of carboxylic acid groups (broad SMARTS) is 1. The summed E-state index contributed by atoms with van der Waals surface area (Å²) in [5, 5.41) is 10.7. The van der Waals surface area contributed by atoms with Crippen molar-refractivity contribution in [2.75, 3.05) is 11.9 Å². The molecule has 0 heterocycles. The first-order chi connectivity index (χ1) is 6.93. The van der Waals surface area contributed by atoms with Gasteiger partial charge in [-0.3, -0.25) is 0 Å². The minimum absolute atomic E-state index is 0.618. The monoisotopic (exact) mass is 206 g/mol. The van der Waals surface area contributed by atoms with E-state index in [0.29, 0.717) is 0 Å². The lowest BCUT2D eigenvalue weighted by Crippen LogP contribution is -2.44. The molecule has 0 saturated carbocycles. The molecule has 0 aliphatic rings. The zero-order valence-corrected chi connectivity index (χ0v) is 9.57. The van der Waals surface area contributed by atoms with Gasteiger partial charge in [0.1, 0.15) is 0 Å². The van der Waals surface area contributed by atoms with Crippen LogP contribution in [0.3, 0.4) is 0 Å². The van der Waals surface area contributed by atoms with Crippen molar-refractivity contribution in [1.29, 1.82) is 0 Å². The molecular weight excluding hydrogens is 190 g/mol. The standard InChI is InChI=1S/C12H17NO2/c1-8-5-6-11(7-9(8)2)13(4)10(3)12(14)15/h5-7,10H,1-4H3,(H,14,15)/p-1. The van der Waals surface area contributed by atoms with E-state index in [1.165, 1.54) is 5.56 Å². The zero-order valence-electron chi connectivity index (χ0n) is 9.57. The number of aliphatic carboxylic acids is 1. The topological polar surface area (TPSA) is 43.4 Å². The number of hydrogen-bond acceptors (Lipinski definition) is 3. The van der Waals surface area contributed by atoms with E-state index in [2.05, 4.69) is 0 Å². The third-order valence-corrected chi connectivity index (χ3v) is 2.82. The van der Waals surface area contributed by atoms with Gasteiger partial charge >= 0.3 is 0 Å². The summed E-state index contributed by atoms with van der Waals surface area (Å²) < 4.78 is 0. The van der Waals surface area contributed by atoms with E-state index in [4.69, 9.17) is 0 Å². The lowest BCUT2D eigenvalue weighted by Gasteiger charge is -2.28. The lowest BCUT2D eigenvalue weighted by atomic mass is 10.1. The van der Waals surface area contributed by atoms with Crippen LogP contribution >= 0.6 is 0 Å². The van der Waals surface area contributed by atoms with Gasteiger partial charge in [0.25, 0.3) is 0 Å². The molecule has 1 unspecified atom stereocenters. The van der Waals surface area contributed by atoms with Gasteiger partial charge < -0.3 is 14.8 Å². The van der Waals surface area contributed by atoms with Crippen molar-refractivity contribution in [1.82, 2.24) is 0 Å².